The van der Waals surface area contributed by atoms with Crippen molar-refractivity contribution in [2.75, 3.05) is 5.32 Å². The fraction of sp³-hybridized carbons (Fsp3) is 0.154. The van der Waals surface area contributed by atoms with E-state index < -0.39 is 5.97 Å². The molecule has 104 valence electrons. The molecule has 1 heterocycles. The average Bonchev–Trinajstić information content (AvgIpc) is 2.64. The van der Waals surface area contributed by atoms with Gasteiger partial charge in [0.15, 0.2) is 0 Å². The van der Waals surface area contributed by atoms with Gasteiger partial charge in [0.1, 0.15) is 10.7 Å². The van der Waals surface area contributed by atoms with E-state index in [1.54, 1.807) is 31.2 Å². The summed E-state index contributed by atoms with van der Waals surface area (Å²) in [5.74, 6) is -1.33. The van der Waals surface area contributed by atoms with Crippen LogP contribution in [0.15, 0.2) is 24.3 Å². The maximum absolute atomic E-state index is 11.1. The maximum Gasteiger partial charge on any atom is 0.340 e. The predicted octanol–water partition coefficient (Wildman–Crippen LogP) is 2.49. The van der Waals surface area contributed by atoms with Gasteiger partial charge in [-0.2, -0.15) is 5.10 Å². The number of nitrogens with one attached hydrogen (secondary N) is 1. The molecule has 2 N–H and O–H groups in total. The molecule has 2 rings (SSSR count). The van der Waals surface area contributed by atoms with E-state index in [-0.39, 0.29) is 16.6 Å². The number of benzene rings is 1. The quantitative estimate of drug-likeness (QED) is 0.910. The van der Waals surface area contributed by atoms with E-state index in [0.717, 1.165) is 0 Å². The van der Waals surface area contributed by atoms with E-state index in [1.165, 1.54) is 11.6 Å². The first-order valence-electron chi connectivity index (χ1n) is 5.76. The van der Waals surface area contributed by atoms with Crippen molar-refractivity contribution in [3.63, 3.8) is 0 Å². The summed E-state index contributed by atoms with van der Waals surface area (Å²) in [6, 6.07) is 6.81. The van der Waals surface area contributed by atoms with E-state index in [1.807, 2.05) is 0 Å². The molecule has 20 heavy (non-hydrogen) atoms. The lowest BCUT2D eigenvalue weighted by Gasteiger charge is -2.06. The number of carboxylic acids is 1. The molecular formula is C13H12ClN3O3. The van der Waals surface area contributed by atoms with Gasteiger partial charge in [-0.25, -0.2) is 9.48 Å². The monoisotopic (exact) mass is 293 g/mol. The second-order valence-corrected chi connectivity index (χ2v) is 4.56. The molecule has 0 atom stereocenters. The predicted molar refractivity (Wildman–Crippen MR) is 74.6 cm³/mol. The van der Waals surface area contributed by atoms with E-state index in [2.05, 4.69) is 10.4 Å². The molecule has 0 saturated heterocycles. The van der Waals surface area contributed by atoms with Gasteiger partial charge in [0.05, 0.1) is 11.4 Å². The van der Waals surface area contributed by atoms with E-state index >= 15 is 0 Å². The van der Waals surface area contributed by atoms with Crippen molar-refractivity contribution in [1.82, 2.24) is 9.78 Å². The molecule has 0 aliphatic rings. The third-order valence-corrected chi connectivity index (χ3v) is 2.98. The number of aromatic carboxylic acids is 1. The van der Waals surface area contributed by atoms with Crippen LogP contribution in [0.1, 0.15) is 23.0 Å². The summed E-state index contributed by atoms with van der Waals surface area (Å²) in [5, 5.41) is 15.9. The van der Waals surface area contributed by atoms with Crippen molar-refractivity contribution in [3.8, 4) is 5.69 Å². The summed E-state index contributed by atoms with van der Waals surface area (Å²) in [7, 11) is 0. The highest BCUT2D eigenvalue weighted by molar-refractivity contribution is 6.32. The van der Waals surface area contributed by atoms with Gasteiger partial charge in [0.2, 0.25) is 5.91 Å². The number of aryl methyl sites for hydroxylation is 1. The number of anilines is 1. The second kappa shape index (κ2) is 5.34. The summed E-state index contributed by atoms with van der Waals surface area (Å²) in [6.07, 6.45) is 0. The molecule has 6 nitrogen and oxygen atoms in total. The van der Waals surface area contributed by atoms with E-state index in [0.29, 0.717) is 17.1 Å². The average molecular weight is 294 g/mol. The molecular weight excluding hydrogens is 282 g/mol. The van der Waals surface area contributed by atoms with Crippen LogP contribution in [-0.2, 0) is 4.79 Å². The molecule has 1 aromatic heterocycles. The maximum atomic E-state index is 11.1. The van der Waals surface area contributed by atoms with Crippen LogP contribution in [0.3, 0.4) is 0 Å². The Morgan fingerprint density at radius 1 is 1.40 bits per heavy atom. The Morgan fingerprint density at radius 2 is 2.10 bits per heavy atom. The SMILES string of the molecule is CC(=O)Nc1cccc(-n2nc(C)c(C(=O)O)c2Cl)c1. The number of rotatable bonds is 3. The van der Waals surface area contributed by atoms with Crippen LogP contribution in [0, 0.1) is 6.92 Å². The van der Waals surface area contributed by atoms with Crippen LogP contribution < -0.4 is 5.32 Å². The minimum absolute atomic E-state index is 0.0231. The van der Waals surface area contributed by atoms with Crippen LogP contribution in [0.5, 0.6) is 0 Å². The summed E-state index contributed by atoms with van der Waals surface area (Å²) in [5.41, 5.74) is 1.44. The third-order valence-electron chi connectivity index (χ3n) is 2.63. The van der Waals surface area contributed by atoms with Gasteiger partial charge < -0.3 is 10.4 Å². The zero-order valence-corrected chi connectivity index (χ0v) is 11.6. The third kappa shape index (κ3) is 2.65. The van der Waals surface area contributed by atoms with Gasteiger partial charge in [0, 0.05) is 12.6 Å². The smallest absolute Gasteiger partial charge is 0.340 e. The molecule has 7 heteroatoms. The van der Waals surface area contributed by atoms with Crippen molar-refractivity contribution in [2.24, 2.45) is 0 Å². The van der Waals surface area contributed by atoms with Crippen LogP contribution in [-0.4, -0.2) is 26.8 Å². The number of carbonyl (C=O) groups excluding carboxylic acids is 1. The Bertz CT molecular complexity index is 694. The normalized spacial score (nSPS) is 10.3. The van der Waals surface area contributed by atoms with Crippen molar-refractivity contribution in [1.29, 1.82) is 0 Å². The van der Waals surface area contributed by atoms with Crippen molar-refractivity contribution >= 4 is 29.2 Å². The number of carbonyl (C=O) groups is 2. The zero-order valence-electron chi connectivity index (χ0n) is 10.8. The first-order chi connectivity index (χ1) is 9.40. The van der Waals surface area contributed by atoms with Crippen LogP contribution >= 0.6 is 11.6 Å². The minimum atomic E-state index is -1.13. The molecule has 0 saturated carbocycles. The minimum Gasteiger partial charge on any atom is -0.478 e. The van der Waals surface area contributed by atoms with Gasteiger partial charge in [-0.3, -0.25) is 4.79 Å². The van der Waals surface area contributed by atoms with E-state index in [4.69, 9.17) is 16.7 Å². The largest absolute Gasteiger partial charge is 0.478 e. The molecule has 0 spiro atoms. The topological polar surface area (TPSA) is 84.2 Å². The molecule has 0 unspecified atom stereocenters. The van der Waals surface area contributed by atoms with Gasteiger partial charge in [-0.1, -0.05) is 17.7 Å². The van der Waals surface area contributed by atoms with Crippen LogP contribution in [0.25, 0.3) is 5.69 Å². The lowest BCUT2D eigenvalue weighted by Crippen LogP contribution is -2.06. The van der Waals surface area contributed by atoms with Crippen molar-refractivity contribution in [3.05, 3.63) is 40.7 Å². The van der Waals surface area contributed by atoms with Gasteiger partial charge in [-0.15, -0.1) is 0 Å². The number of hydrogen-bond acceptors (Lipinski definition) is 3. The molecule has 1 aromatic carbocycles. The molecule has 0 fully saturated rings. The van der Waals surface area contributed by atoms with Crippen molar-refractivity contribution in [2.45, 2.75) is 13.8 Å². The molecule has 0 bridgehead atoms. The first kappa shape index (κ1) is 14.1. The standard InChI is InChI=1S/C13H12ClN3O3/c1-7-11(13(19)20)12(14)17(16-7)10-5-3-4-9(6-10)15-8(2)18/h3-6H,1-2H3,(H,15,18)(H,19,20). The second-order valence-electron chi connectivity index (χ2n) is 4.20. The molecule has 1 amide bonds. The van der Waals surface area contributed by atoms with Gasteiger partial charge in [0.25, 0.3) is 0 Å². The number of aromatic nitrogens is 2. The lowest BCUT2D eigenvalue weighted by molar-refractivity contribution is -0.114. The first-order valence-corrected chi connectivity index (χ1v) is 6.14. The molecule has 0 radical (unpaired) electrons. The van der Waals surface area contributed by atoms with Crippen LogP contribution in [0.2, 0.25) is 5.15 Å². The van der Waals surface area contributed by atoms with E-state index in [9.17, 15) is 9.59 Å². The number of carboxylic acid groups (broad SMARTS) is 1. The van der Waals surface area contributed by atoms with Crippen LogP contribution in [0.4, 0.5) is 5.69 Å². The molecule has 0 aliphatic carbocycles. The molecule has 2 aromatic rings. The summed E-state index contributed by atoms with van der Waals surface area (Å²) in [4.78, 5) is 22.1. The Hall–Kier alpha value is -2.34. The Kier molecular flexibility index (Phi) is 3.76. The van der Waals surface area contributed by atoms with Gasteiger partial charge in [-0.05, 0) is 25.1 Å². The highest BCUT2D eigenvalue weighted by atomic mass is 35.5. The molecule has 0 aliphatic heterocycles. The fourth-order valence-corrected chi connectivity index (χ4v) is 2.18. The Labute approximate surface area is 120 Å². The number of nitrogens with zero attached hydrogens (tertiary/aromatic N) is 2. The Balaban J connectivity index is 2.49. The highest BCUT2D eigenvalue weighted by Crippen LogP contribution is 2.24. The summed E-state index contributed by atoms with van der Waals surface area (Å²) >= 11 is 6.05. The number of hydrogen-bond donors (Lipinski definition) is 2. The highest BCUT2D eigenvalue weighted by Gasteiger charge is 2.20. The Morgan fingerprint density at radius 3 is 2.65 bits per heavy atom. The van der Waals surface area contributed by atoms with Gasteiger partial charge >= 0.3 is 5.97 Å². The zero-order chi connectivity index (χ0) is 14.9. The number of amides is 1. The summed E-state index contributed by atoms with van der Waals surface area (Å²) < 4.78 is 1.33. The fourth-order valence-electron chi connectivity index (χ4n) is 1.83. The number of halogens is 1. The van der Waals surface area contributed by atoms with Crippen molar-refractivity contribution < 1.29 is 14.7 Å². The lowest BCUT2D eigenvalue weighted by atomic mass is 10.2. The summed E-state index contributed by atoms with van der Waals surface area (Å²) in [6.45, 7) is 2.98.